The molecule has 1 unspecified atom stereocenters. The number of amidine groups is 1. The molecule has 0 amide bonds. The topological polar surface area (TPSA) is 54.1 Å². The Morgan fingerprint density at radius 2 is 1.95 bits per heavy atom. The van der Waals surface area contributed by atoms with Gasteiger partial charge in [-0.3, -0.25) is 4.90 Å². The van der Waals surface area contributed by atoms with Gasteiger partial charge in [0.15, 0.2) is 0 Å². The van der Waals surface area contributed by atoms with E-state index in [1.54, 1.807) is 0 Å². The highest BCUT2D eigenvalue weighted by molar-refractivity contribution is 6.42. The molecule has 2 aliphatic heterocycles. The van der Waals surface area contributed by atoms with Crippen LogP contribution in [0.5, 0.6) is 0 Å². The van der Waals surface area contributed by atoms with Gasteiger partial charge in [0, 0.05) is 38.4 Å². The lowest BCUT2D eigenvalue weighted by atomic mass is 10.2. The van der Waals surface area contributed by atoms with Crippen LogP contribution in [0, 0.1) is 0 Å². The predicted octanol–water partition coefficient (Wildman–Crippen LogP) is 1.83. The van der Waals surface area contributed by atoms with Gasteiger partial charge in [0.2, 0.25) is 0 Å². The maximum atomic E-state index is 6.08. The van der Waals surface area contributed by atoms with Gasteiger partial charge in [-0.05, 0) is 18.2 Å². The molecule has 2 N–H and O–H groups in total. The summed E-state index contributed by atoms with van der Waals surface area (Å²) in [6.45, 7) is 5.41. The molecule has 0 aliphatic carbocycles. The zero-order chi connectivity index (χ0) is 14.8. The summed E-state index contributed by atoms with van der Waals surface area (Å²) >= 11 is 12.0. The van der Waals surface area contributed by atoms with Gasteiger partial charge in [-0.1, -0.05) is 23.2 Å². The third-order valence-corrected chi connectivity index (χ3v) is 4.58. The number of ether oxygens (including phenoxy) is 1. The van der Waals surface area contributed by atoms with Crippen molar-refractivity contribution >= 4 is 34.9 Å². The van der Waals surface area contributed by atoms with Crippen molar-refractivity contribution in [3.05, 3.63) is 28.2 Å². The molecule has 1 atom stereocenters. The minimum absolute atomic E-state index is 0.168. The highest BCUT2D eigenvalue weighted by atomic mass is 35.5. The van der Waals surface area contributed by atoms with Crippen LogP contribution in [0.15, 0.2) is 23.2 Å². The molecule has 5 nitrogen and oxygen atoms in total. The van der Waals surface area contributed by atoms with Crippen LogP contribution in [0.2, 0.25) is 10.0 Å². The van der Waals surface area contributed by atoms with Crippen molar-refractivity contribution in [3.63, 3.8) is 0 Å². The van der Waals surface area contributed by atoms with E-state index in [9.17, 15) is 0 Å². The Bertz CT molecular complexity index is 544. The molecule has 7 heteroatoms. The molecule has 2 heterocycles. The van der Waals surface area contributed by atoms with Crippen LogP contribution in [0.4, 0.5) is 5.69 Å². The van der Waals surface area contributed by atoms with Crippen molar-refractivity contribution in [2.24, 2.45) is 10.7 Å². The van der Waals surface area contributed by atoms with E-state index in [1.807, 2.05) is 18.2 Å². The molecule has 1 aromatic rings. The monoisotopic (exact) mass is 328 g/mol. The van der Waals surface area contributed by atoms with Crippen LogP contribution < -0.4 is 10.6 Å². The molecule has 0 radical (unpaired) electrons. The summed E-state index contributed by atoms with van der Waals surface area (Å²) in [5, 5.41) is 1.19. The summed E-state index contributed by atoms with van der Waals surface area (Å²) in [6, 6.07) is 6.27. The van der Waals surface area contributed by atoms with Crippen molar-refractivity contribution < 1.29 is 4.74 Å². The second-order valence-electron chi connectivity index (χ2n) is 5.32. The molecular weight excluding hydrogens is 311 g/mol. The molecule has 114 valence electrons. The average Bonchev–Trinajstić information content (AvgIpc) is 2.88. The summed E-state index contributed by atoms with van der Waals surface area (Å²) in [7, 11) is 0. The minimum atomic E-state index is 0.168. The van der Waals surface area contributed by atoms with Gasteiger partial charge < -0.3 is 15.4 Å². The first-order valence-electron chi connectivity index (χ1n) is 7.00. The smallest absolute Gasteiger partial charge is 0.282 e. The molecule has 21 heavy (non-hydrogen) atoms. The van der Waals surface area contributed by atoms with E-state index < -0.39 is 0 Å². The Hall–Kier alpha value is -1.17. The van der Waals surface area contributed by atoms with Crippen LogP contribution in [0.3, 0.4) is 0 Å². The van der Waals surface area contributed by atoms with Crippen LogP contribution in [0.1, 0.15) is 0 Å². The first-order valence-corrected chi connectivity index (χ1v) is 7.76. The van der Waals surface area contributed by atoms with E-state index in [-0.39, 0.29) is 6.04 Å². The molecular formula is C14H18Cl2N4O. The Morgan fingerprint density at radius 1 is 1.19 bits per heavy atom. The number of benzene rings is 1. The molecule has 0 spiro atoms. The van der Waals surface area contributed by atoms with Crippen molar-refractivity contribution in [3.8, 4) is 0 Å². The number of hydrogen-bond acceptors (Lipinski definition) is 5. The highest BCUT2D eigenvalue weighted by Crippen LogP contribution is 2.27. The minimum Gasteiger partial charge on any atom is -0.463 e. The number of anilines is 1. The van der Waals surface area contributed by atoms with E-state index in [0.29, 0.717) is 22.7 Å². The van der Waals surface area contributed by atoms with Crippen molar-refractivity contribution in [2.75, 3.05) is 44.2 Å². The summed E-state index contributed by atoms with van der Waals surface area (Å²) in [5.74, 6) is 0. The normalized spacial score (nSPS) is 23.0. The lowest BCUT2D eigenvalue weighted by Gasteiger charge is -2.36. The number of nitrogens with zero attached hydrogens (tertiary/aromatic N) is 3. The van der Waals surface area contributed by atoms with Crippen LogP contribution in [-0.2, 0) is 4.74 Å². The zero-order valence-corrected chi connectivity index (χ0v) is 13.1. The quantitative estimate of drug-likeness (QED) is 0.919. The van der Waals surface area contributed by atoms with Gasteiger partial charge in [-0.25, -0.2) is 4.99 Å². The zero-order valence-electron chi connectivity index (χ0n) is 11.6. The molecule has 0 aromatic heterocycles. The summed E-state index contributed by atoms with van der Waals surface area (Å²) in [6.07, 6.45) is 0. The highest BCUT2D eigenvalue weighted by Gasteiger charge is 2.23. The summed E-state index contributed by atoms with van der Waals surface area (Å²) in [4.78, 5) is 8.98. The Labute approximate surface area is 134 Å². The Kier molecular flexibility index (Phi) is 4.42. The predicted molar refractivity (Wildman–Crippen MR) is 86.5 cm³/mol. The van der Waals surface area contributed by atoms with Gasteiger partial charge in [0.1, 0.15) is 12.6 Å². The third-order valence-electron chi connectivity index (χ3n) is 3.84. The maximum Gasteiger partial charge on any atom is 0.282 e. The van der Waals surface area contributed by atoms with Crippen molar-refractivity contribution in [1.82, 2.24) is 4.90 Å². The van der Waals surface area contributed by atoms with E-state index in [0.717, 1.165) is 38.4 Å². The average molecular weight is 329 g/mol. The Morgan fingerprint density at radius 3 is 2.57 bits per heavy atom. The van der Waals surface area contributed by atoms with E-state index in [4.69, 9.17) is 33.7 Å². The van der Waals surface area contributed by atoms with Crippen LogP contribution in [-0.4, -0.2) is 56.3 Å². The fourth-order valence-corrected chi connectivity index (χ4v) is 2.99. The fraction of sp³-hybridized carbons (Fsp3) is 0.500. The van der Waals surface area contributed by atoms with Crippen LogP contribution >= 0.6 is 23.2 Å². The van der Waals surface area contributed by atoms with E-state index >= 15 is 0 Å². The first-order chi connectivity index (χ1) is 10.1. The second kappa shape index (κ2) is 6.30. The first kappa shape index (κ1) is 14.8. The number of nitrogens with two attached hydrogens (primary N) is 1. The number of halogens is 2. The molecule has 2 aliphatic rings. The molecule has 1 saturated heterocycles. The molecule has 3 rings (SSSR count). The molecule has 1 aromatic carbocycles. The van der Waals surface area contributed by atoms with Gasteiger partial charge in [0.25, 0.3) is 6.02 Å². The summed E-state index contributed by atoms with van der Waals surface area (Å²) in [5.41, 5.74) is 6.65. The molecule has 0 saturated carbocycles. The van der Waals surface area contributed by atoms with E-state index in [2.05, 4.69) is 14.8 Å². The number of aliphatic imine (C=N–C) groups is 1. The van der Waals surface area contributed by atoms with Gasteiger partial charge in [-0.15, -0.1) is 0 Å². The number of hydrogen-bond donors (Lipinski definition) is 1. The van der Waals surface area contributed by atoms with E-state index in [1.165, 1.54) is 0 Å². The third kappa shape index (κ3) is 3.54. The number of piperazine rings is 1. The van der Waals surface area contributed by atoms with Crippen LogP contribution in [0.25, 0.3) is 0 Å². The van der Waals surface area contributed by atoms with Crippen molar-refractivity contribution in [1.29, 1.82) is 0 Å². The van der Waals surface area contributed by atoms with Gasteiger partial charge in [0.05, 0.1) is 10.0 Å². The number of rotatable bonds is 3. The standard InChI is InChI=1S/C14H18Cl2N4O/c15-12-2-1-11(7-13(12)16)20-5-3-19(4-6-20)8-10-9-21-14(17)18-10/h1-2,7,10H,3-6,8-9H2,(H2,17,18). The maximum absolute atomic E-state index is 6.08. The summed E-state index contributed by atoms with van der Waals surface area (Å²) < 4.78 is 5.19. The lowest BCUT2D eigenvalue weighted by molar-refractivity contribution is 0.219. The fourth-order valence-electron chi connectivity index (χ4n) is 2.70. The van der Waals surface area contributed by atoms with Crippen molar-refractivity contribution in [2.45, 2.75) is 6.04 Å². The Balaban J connectivity index is 1.54. The lowest BCUT2D eigenvalue weighted by Crippen LogP contribution is -2.48. The second-order valence-corrected chi connectivity index (χ2v) is 6.13. The van der Waals surface area contributed by atoms with Gasteiger partial charge in [-0.2, -0.15) is 0 Å². The largest absolute Gasteiger partial charge is 0.463 e. The molecule has 1 fully saturated rings. The van der Waals surface area contributed by atoms with Gasteiger partial charge >= 0.3 is 0 Å². The SMILES string of the molecule is NC1=NC(CN2CCN(c3ccc(Cl)c(Cl)c3)CC2)CO1. The molecule has 0 bridgehead atoms.